The number of ether oxygens (including phenoxy) is 1. The van der Waals surface area contributed by atoms with Gasteiger partial charge in [0.1, 0.15) is 5.60 Å². The lowest BCUT2D eigenvalue weighted by Gasteiger charge is -2.56. The van der Waals surface area contributed by atoms with E-state index in [9.17, 15) is 28.0 Å². The number of hydrogen-bond donors (Lipinski definition) is 0. The SMILES string of the molecule is CC(C)(C)OC(=O)N1CC(CC#N)(N2CCC(N(C(=O)C(F)(F)F)C3CC3c3ccccc3)CC2)C1. The second-order valence-corrected chi connectivity index (χ2v) is 11.1. The molecular formula is C26H33F3N4O3. The van der Waals surface area contributed by atoms with Gasteiger partial charge < -0.3 is 14.5 Å². The van der Waals surface area contributed by atoms with Crippen LogP contribution in [0, 0.1) is 11.3 Å². The molecule has 2 aliphatic heterocycles. The van der Waals surface area contributed by atoms with Crippen LogP contribution < -0.4 is 0 Å². The van der Waals surface area contributed by atoms with Crippen molar-refractivity contribution < 1.29 is 27.5 Å². The third-order valence-corrected chi connectivity index (χ3v) is 7.38. The third-order valence-electron chi connectivity index (χ3n) is 7.38. The number of hydrogen-bond acceptors (Lipinski definition) is 5. The number of nitrogens with zero attached hydrogens (tertiary/aromatic N) is 4. The van der Waals surface area contributed by atoms with E-state index in [1.807, 2.05) is 30.3 Å². The molecule has 2 unspecified atom stereocenters. The molecule has 2 amide bonds. The van der Waals surface area contributed by atoms with Crippen molar-refractivity contribution in [2.75, 3.05) is 26.2 Å². The number of benzene rings is 1. The fourth-order valence-corrected chi connectivity index (χ4v) is 5.59. The zero-order valence-corrected chi connectivity index (χ0v) is 20.9. The van der Waals surface area contributed by atoms with E-state index >= 15 is 0 Å². The lowest BCUT2D eigenvalue weighted by atomic mass is 9.83. The number of carbonyl (C=O) groups excluding carboxylic acids is 2. The van der Waals surface area contributed by atoms with Crippen molar-refractivity contribution in [3.05, 3.63) is 35.9 Å². The highest BCUT2D eigenvalue weighted by atomic mass is 19.4. The van der Waals surface area contributed by atoms with E-state index in [4.69, 9.17) is 4.74 Å². The van der Waals surface area contributed by atoms with Gasteiger partial charge in [-0.15, -0.1) is 0 Å². The Kier molecular flexibility index (Phi) is 6.99. The highest BCUT2D eigenvalue weighted by Crippen LogP contribution is 2.48. The van der Waals surface area contributed by atoms with Crippen LogP contribution in [0.5, 0.6) is 0 Å². The largest absolute Gasteiger partial charge is 0.471 e. The predicted molar refractivity (Wildman–Crippen MR) is 126 cm³/mol. The van der Waals surface area contributed by atoms with Crippen LogP contribution in [0.3, 0.4) is 0 Å². The first-order valence-corrected chi connectivity index (χ1v) is 12.4. The molecule has 3 aliphatic rings. The zero-order valence-electron chi connectivity index (χ0n) is 20.9. The van der Waals surface area contributed by atoms with E-state index in [0.29, 0.717) is 45.4 Å². The fraction of sp³-hybridized carbons (Fsp3) is 0.654. The molecule has 0 radical (unpaired) electrons. The Morgan fingerprint density at radius 1 is 1.14 bits per heavy atom. The molecule has 7 nitrogen and oxygen atoms in total. The molecule has 2 atom stereocenters. The highest BCUT2D eigenvalue weighted by molar-refractivity contribution is 5.83. The highest BCUT2D eigenvalue weighted by Gasteiger charge is 2.56. The maximum Gasteiger partial charge on any atom is 0.471 e. The molecule has 10 heteroatoms. The predicted octanol–water partition coefficient (Wildman–Crippen LogP) is 4.30. The van der Waals surface area contributed by atoms with Gasteiger partial charge >= 0.3 is 18.2 Å². The average molecular weight is 507 g/mol. The first-order chi connectivity index (χ1) is 16.8. The third kappa shape index (κ3) is 5.46. The Bertz CT molecular complexity index is 1000. The standard InChI is InChI=1S/C26H33F3N4O3/c1-24(2,3)36-23(35)31-16-25(17-31,11-12-30)32-13-9-19(10-14-32)33(22(34)26(27,28)29)21-15-20(21)18-7-5-4-6-8-18/h4-8,19-21H,9-11,13-17H2,1-3H3. The van der Waals surface area contributed by atoms with Crippen LogP contribution in [0.1, 0.15) is 57.9 Å². The Balaban J connectivity index is 1.42. The number of nitriles is 1. The van der Waals surface area contributed by atoms with Crippen molar-refractivity contribution in [1.82, 2.24) is 14.7 Å². The Hall–Kier alpha value is -2.80. The summed E-state index contributed by atoms with van der Waals surface area (Å²) in [5.41, 5.74) is -0.219. The van der Waals surface area contributed by atoms with Crippen molar-refractivity contribution in [2.24, 2.45) is 0 Å². The zero-order chi connectivity index (χ0) is 26.3. The minimum Gasteiger partial charge on any atom is -0.444 e. The van der Waals surface area contributed by atoms with Crippen molar-refractivity contribution in [1.29, 1.82) is 5.26 Å². The molecule has 1 aromatic carbocycles. The van der Waals surface area contributed by atoms with Gasteiger partial charge in [-0.1, -0.05) is 30.3 Å². The summed E-state index contributed by atoms with van der Waals surface area (Å²) in [5.74, 6) is -1.86. The van der Waals surface area contributed by atoms with Crippen LogP contribution in [0.15, 0.2) is 30.3 Å². The molecule has 0 spiro atoms. The molecule has 2 heterocycles. The first kappa shape index (κ1) is 26.3. The van der Waals surface area contributed by atoms with Gasteiger partial charge in [0.15, 0.2) is 0 Å². The molecule has 36 heavy (non-hydrogen) atoms. The normalized spacial score (nSPS) is 24.4. The second kappa shape index (κ2) is 9.58. The maximum absolute atomic E-state index is 13.6. The lowest BCUT2D eigenvalue weighted by Crippen LogP contribution is -2.72. The van der Waals surface area contributed by atoms with Gasteiger partial charge in [-0.05, 0) is 45.6 Å². The number of likely N-dealkylation sites (tertiary alicyclic amines) is 2. The summed E-state index contributed by atoms with van der Waals surface area (Å²) >= 11 is 0. The van der Waals surface area contributed by atoms with E-state index in [0.717, 1.165) is 10.5 Å². The summed E-state index contributed by atoms with van der Waals surface area (Å²) in [4.78, 5) is 29.6. The number of amides is 2. The van der Waals surface area contributed by atoms with E-state index in [1.165, 1.54) is 0 Å². The topological polar surface area (TPSA) is 76.9 Å². The summed E-state index contributed by atoms with van der Waals surface area (Å²) in [7, 11) is 0. The van der Waals surface area contributed by atoms with E-state index < -0.39 is 41.4 Å². The number of halogens is 3. The fourth-order valence-electron chi connectivity index (χ4n) is 5.59. The van der Waals surface area contributed by atoms with E-state index in [1.54, 1.807) is 25.7 Å². The van der Waals surface area contributed by atoms with Crippen LogP contribution in [-0.4, -0.2) is 82.3 Å². The van der Waals surface area contributed by atoms with Crippen LogP contribution in [0.25, 0.3) is 0 Å². The lowest BCUT2D eigenvalue weighted by molar-refractivity contribution is -0.190. The monoisotopic (exact) mass is 506 g/mol. The second-order valence-electron chi connectivity index (χ2n) is 11.1. The van der Waals surface area contributed by atoms with E-state index in [2.05, 4.69) is 11.0 Å². The summed E-state index contributed by atoms with van der Waals surface area (Å²) in [6, 6.07) is 10.6. The Labute approximate surface area is 209 Å². The van der Waals surface area contributed by atoms with Crippen LogP contribution in [-0.2, 0) is 9.53 Å². The number of alkyl halides is 3. The summed E-state index contributed by atoms with van der Waals surface area (Å²) in [6.45, 7) is 6.95. The van der Waals surface area contributed by atoms with Gasteiger partial charge in [0.2, 0.25) is 0 Å². The molecule has 4 rings (SSSR count). The minimum absolute atomic E-state index is 0.0884. The van der Waals surface area contributed by atoms with Gasteiger partial charge in [-0.2, -0.15) is 18.4 Å². The Morgan fingerprint density at radius 2 is 1.75 bits per heavy atom. The summed E-state index contributed by atoms with van der Waals surface area (Å²) in [6.07, 6.45) is -3.85. The van der Waals surface area contributed by atoms with Crippen LogP contribution >= 0.6 is 0 Å². The number of piperidine rings is 1. The molecule has 0 N–H and O–H groups in total. The van der Waals surface area contributed by atoms with Gasteiger partial charge in [-0.25, -0.2) is 4.79 Å². The smallest absolute Gasteiger partial charge is 0.444 e. The van der Waals surface area contributed by atoms with Crippen molar-refractivity contribution in [3.63, 3.8) is 0 Å². The molecule has 196 valence electrons. The molecule has 1 aliphatic carbocycles. The molecule has 1 aromatic rings. The summed E-state index contributed by atoms with van der Waals surface area (Å²) in [5, 5.41) is 9.44. The molecule has 2 saturated heterocycles. The van der Waals surface area contributed by atoms with Crippen molar-refractivity contribution in [3.8, 4) is 6.07 Å². The quantitative estimate of drug-likeness (QED) is 0.595. The molecule has 0 aromatic heterocycles. The van der Waals surface area contributed by atoms with Crippen LogP contribution in [0.2, 0.25) is 0 Å². The van der Waals surface area contributed by atoms with Gasteiger partial charge in [-0.3, -0.25) is 9.69 Å². The van der Waals surface area contributed by atoms with E-state index in [-0.39, 0.29) is 12.3 Å². The van der Waals surface area contributed by atoms with Crippen molar-refractivity contribution >= 4 is 12.0 Å². The molecule has 1 saturated carbocycles. The number of carbonyl (C=O) groups is 2. The minimum atomic E-state index is -4.93. The van der Waals surface area contributed by atoms with Gasteiger partial charge in [0.25, 0.3) is 0 Å². The van der Waals surface area contributed by atoms with Gasteiger partial charge in [0, 0.05) is 44.2 Å². The van der Waals surface area contributed by atoms with Crippen LogP contribution in [0.4, 0.5) is 18.0 Å². The van der Waals surface area contributed by atoms with Gasteiger partial charge in [0.05, 0.1) is 18.0 Å². The van der Waals surface area contributed by atoms with Crippen molar-refractivity contribution in [2.45, 2.75) is 81.8 Å². The Morgan fingerprint density at radius 3 is 2.28 bits per heavy atom. The number of rotatable bonds is 5. The molecule has 0 bridgehead atoms. The summed E-state index contributed by atoms with van der Waals surface area (Å²) < 4.78 is 46.1. The molecular weight excluding hydrogens is 473 g/mol. The molecule has 3 fully saturated rings. The average Bonchev–Trinajstić information content (AvgIpc) is 3.56. The maximum atomic E-state index is 13.6. The first-order valence-electron chi connectivity index (χ1n) is 12.4.